The maximum Gasteiger partial charge on any atom is 0.412 e. The van der Waals surface area contributed by atoms with Gasteiger partial charge in [0.2, 0.25) is 0 Å². The minimum atomic E-state index is -0.637. The van der Waals surface area contributed by atoms with Crippen LogP contribution in [0.25, 0.3) is 10.9 Å². The van der Waals surface area contributed by atoms with Crippen LogP contribution in [0.3, 0.4) is 0 Å². The predicted molar refractivity (Wildman–Crippen MR) is 98.5 cm³/mol. The summed E-state index contributed by atoms with van der Waals surface area (Å²) in [6.45, 7) is 5.28. The highest BCUT2D eigenvalue weighted by atomic mass is 16.6. The van der Waals surface area contributed by atoms with Gasteiger partial charge in [-0.15, -0.1) is 0 Å². The molecule has 1 heterocycles. The second-order valence-electron chi connectivity index (χ2n) is 7.61. The molecule has 3 N–H and O–H groups in total. The monoisotopic (exact) mass is 373 g/mol. The van der Waals surface area contributed by atoms with Crippen molar-refractivity contribution in [1.29, 1.82) is 0 Å². The van der Waals surface area contributed by atoms with Crippen LogP contribution in [0.4, 0.5) is 4.79 Å². The Morgan fingerprint density at radius 3 is 2.56 bits per heavy atom. The van der Waals surface area contributed by atoms with E-state index in [9.17, 15) is 14.4 Å². The minimum Gasteiger partial charge on any atom is -0.459 e. The summed E-state index contributed by atoms with van der Waals surface area (Å²) in [4.78, 5) is 35.7. The quantitative estimate of drug-likeness (QED) is 0.781. The maximum atomic E-state index is 12.1. The summed E-state index contributed by atoms with van der Waals surface area (Å²) in [5.41, 5.74) is 5.71. The molecule has 1 fully saturated rings. The molecule has 1 aliphatic rings. The molecule has 0 aliphatic heterocycles. The maximum absolute atomic E-state index is 12.1. The molecule has 3 rings (SSSR count). The van der Waals surface area contributed by atoms with Gasteiger partial charge in [0.1, 0.15) is 17.9 Å². The van der Waals surface area contributed by atoms with Crippen molar-refractivity contribution in [1.82, 2.24) is 9.88 Å². The lowest BCUT2D eigenvalue weighted by Gasteiger charge is -2.19. The highest BCUT2D eigenvalue weighted by molar-refractivity contribution is 6.07. The van der Waals surface area contributed by atoms with Crippen molar-refractivity contribution in [2.75, 3.05) is 0 Å². The first kappa shape index (κ1) is 18.8. The molecule has 144 valence electrons. The van der Waals surface area contributed by atoms with Gasteiger partial charge in [0.25, 0.3) is 5.91 Å². The van der Waals surface area contributed by atoms with Crippen molar-refractivity contribution < 1.29 is 23.9 Å². The average molecular weight is 373 g/mol. The zero-order valence-corrected chi connectivity index (χ0v) is 15.6. The van der Waals surface area contributed by atoms with Crippen LogP contribution in [0.2, 0.25) is 0 Å². The second-order valence-corrected chi connectivity index (χ2v) is 7.61. The number of carbonyl (C=O) groups excluding carboxylic acids is 3. The number of hydrogen-bond acceptors (Lipinski definition) is 5. The number of hydrogen-bond donors (Lipinski definition) is 2. The van der Waals surface area contributed by atoms with Gasteiger partial charge in [-0.2, -0.15) is 0 Å². The van der Waals surface area contributed by atoms with Gasteiger partial charge in [-0.3, -0.25) is 9.59 Å². The number of aromatic nitrogens is 1. The Morgan fingerprint density at radius 1 is 1.26 bits per heavy atom. The Kier molecular flexibility index (Phi) is 4.82. The fourth-order valence-electron chi connectivity index (χ4n) is 2.71. The van der Waals surface area contributed by atoms with E-state index in [0.717, 1.165) is 12.8 Å². The molecule has 2 amide bonds. The van der Waals surface area contributed by atoms with Gasteiger partial charge >= 0.3 is 12.1 Å². The Morgan fingerprint density at radius 2 is 1.96 bits per heavy atom. The summed E-state index contributed by atoms with van der Waals surface area (Å²) in [6, 6.07) is 5.02. The molecular weight excluding hydrogens is 350 g/mol. The summed E-state index contributed by atoms with van der Waals surface area (Å²) in [6.07, 6.45) is 2.87. The van der Waals surface area contributed by atoms with E-state index in [2.05, 4.69) is 5.32 Å². The molecule has 8 heteroatoms. The minimum absolute atomic E-state index is 0.0661. The van der Waals surface area contributed by atoms with Crippen molar-refractivity contribution in [3.63, 3.8) is 0 Å². The lowest BCUT2D eigenvalue weighted by molar-refractivity contribution is -0.155. The number of fused-ring (bicyclic) bond motifs is 1. The molecule has 0 saturated heterocycles. The SMILES string of the molecule is CC(C)(C)OC(=O)Cn1cc(C(N)=O)c2cc(OC(=O)NC3CC3)ccc21. The first-order valence-corrected chi connectivity index (χ1v) is 8.75. The Hall–Kier alpha value is -3.03. The molecule has 8 nitrogen and oxygen atoms in total. The molecule has 1 aromatic carbocycles. The van der Waals surface area contributed by atoms with E-state index in [-0.39, 0.29) is 23.9 Å². The number of nitrogens with two attached hydrogens (primary N) is 1. The van der Waals surface area contributed by atoms with E-state index in [1.807, 2.05) is 0 Å². The summed E-state index contributed by atoms with van der Waals surface area (Å²) in [5.74, 6) is -0.778. The summed E-state index contributed by atoms with van der Waals surface area (Å²) in [5, 5.41) is 3.22. The van der Waals surface area contributed by atoms with Gasteiger partial charge in [-0.1, -0.05) is 0 Å². The largest absolute Gasteiger partial charge is 0.459 e. The highest BCUT2D eigenvalue weighted by Crippen LogP contribution is 2.27. The molecule has 1 aromatic heterocycles. The Balaban J connectivity index is 1.86. The number of carbonyl (C=O) groups is 3. The zero-order chi connectivity index (χ0) is 19.8. The van der Waals surface area contributed by atoms with Crippen LogP contribution in [0.5, 0.6) is 5.75 Å². The van der Waals surface area contributed by atoms with Gasteiger partial charge in [-0.25, -0.2) is 4.79 Å². The summed E-state index contributed by atoms with van der Waals surface area (Å²) >= 11 is 0. The van der Waals surface area contributed by atoms with Crippen molar-refractivity contribution in [3.8, 4) is 5.75 Å². The number of ether oxygens (including phenoxy) is 2. The van der Waals surface area contributed by atoms with Gasteiger partial charge in [-0.05, 0) is 51.8 Å². The number of nitrogens with zero attached hydrogens (tertiary/aromatic N) is 1. The van der Waals surface area contributed by atoms with E-state index < -0.39 is 23.6 Å². The van der Waals surface area contributed by atoms with Crippen LogP contribution < -0.4 is 15.8 Å². The van der Waals surface area contributed by atoms with E-state index >= 15 is 0 Å². The summed E-state index contributed by atoms with van der Waals surface area (Å²) in [7, 11) is 0. The topological polar surface area (TPSA) is 113 Å². The van der Waals surface area contributed by atoms with E-state index in [4.69, 9.17) is 15.2 Å². The number of rotatable bonds is 5. The lowest BCUT2D eigenvalue weighted by Crippen LogP contribution is -2.28. The number of nitrogens with one attached hydrogen (secondary N) is 1. The number of amides is 2. The molecule has 27 heavy (non-hydrogen) atoms. The summed E-state index contributed by atoms with van der Waals surface area (Å²) < 4.78 is 12.2. The second kappa shape index (κ2) is 6.94. The Labute approximate surface area is 156 Å². The third-order valence-electron chi connectivity index (χ3n) is 3.95. The normalized spacial score (nSPS) is 14.0. The van der Waals surface area contributed by atoms with Crippen LogP contribution in [-0.2, 0) is 16.1 Å². The number of benzene rings is 1. The first-order valence-electron chi connectivity index (χ1n) is 8.75. The van der Waals surface area contributed by atoms with Gasteiger partial charge in [0.15, 0.2) is 0 Å². The fraction of sp³-hybridized carbons (Fsp3) is 0.421. The molecule has 1 saturated carbocycles. The van der Waals surface area contributed by atoms with Crippen LogP contribution in [0.1, 0.15) is 44.0 Å². The van der Waals surface area contributed by atoms with Crippen molar-refractivity contribution in [2.24, 2.45) is 5.73 Å². The molecule has 0 unspecified atom stereocenters. The molecule has 1 aliphatic carbocycles. The van der Waals surface area contributed by atoms with Crippen LogP contribution >= 0.6 is 0 Å². The van der Waals surface area contributed by atoms with Crippen LogP contribution in [-0.4, -0.2) is 34.2 Å². The number of primary amides is 1. The van der Waals surface area contributed by atoms with Gasteiger partial charge < -0.3 is 25.1 Å². The smallest absolute Gasteiger partial charge is 0.412 e. The van der Waals surface area contributed by atoms with Gasteiger partial charge in [0.05, 0.1) is 5.56 Å². The highest BCUT2D eigenvalue weighted by Gasteiger charge is 2.24. The molecule has 0 bridgehead atoms. The molecule has 0 atom stereocenters. The van der Waals surface area contributed by atoms with Crippen molar-refractivity contribution >= 4 is 28.9 Å². The molecule has 0 spiro atoms. The lowest BCUT2D eigenvalue weighted by atomic mass is 10.1. The van der Waals surface area contributed by atoms with Crippen LogP contribution in [0.15, 0.2) is 24.4 Å². The standard InChI is InChI=1S/C19H23N3O5/c1-19(2,3)27-16(23)10-22-9-14(17(20)24)13-8-12(6-7-15(13)22)26-18(25)21-11-4-5-11/h6-9,11H,4-5,10H2,1-3H3,(H2,20,24)(H,21,25). The van der Waals surface area contributed by atoms with Gasteiger partial charge in [0, 0.05) is 23.1 Å². The third kappa shape index (κ3) is 4.78. The van der Waals surface area contributed by atoms with E-state index in [1.165, 1.54) is 6.20 Å². The Bertz CT molecular complexity index is 906. The average Bonchev–Trinajstić information content (AvgIpc) is 3.26. The third-order valence-corrected chi connectivity index (χ3v) is 3.95. The zero-order valence-electron chi connectivity index (χ0n) is 15.6. The molecule has 2 aromatic rings. The number of esters is 1. The predicted octanol–water partition coefficient (Wildman–Crippen LogP) is 2.33. The van der Waals surface area contributed by atoms with E-state index in [1.54, 1.807) is 43.5 Å². The molecule has 0 radical (unpaired) electrons. The van der Waals surface area contributed by atoms with Crippen molar-refractivity contribution in [3.05, 3.63) is 30.0 Å². The van der Waals surface area contributed by atoms with Crippen molar-refractivity contribution in [2.45, 2.75) is 51.8 Å². The fourth-order valence-corrected chi connectivity index (χ4v) is 2.71. The first-order chi connectivity index (χ1) is 12.6. The van der Waals surface area contributed by atoms with Crippen LogP contribution in [0, 0.1) is 0 Å². The molecular formula is C19H23N3O5. The van der Waals surface area contributed by atoms with E-state index in [0.29, 0.717) is 10.9 Å².